The average molecular weight is 379 g/mol. The van der Waals surface area contributed by atoms with E-state index in [1.807, 2.05) is 34.7 Å². The van der Waals surface area contributed by atoms with E-state index in [0.717, 1.165) is 48.0 Å². The number of hydrogen-bond donors (Lipinski definition) is 1. The molecule has 27 heavy (non-hydrogen) atoms. The van der Waals surface area contributed by atoms with E-state index in [9.17, 15) is 4.79 Å². The smallest absolute Gasteiger partial charge is 0.230 e. The summed E-state index contributed by atoms with van der Waals surface area (Å²) >= 11 is 1.62. The van der Waals surface area contributed by atoms with Crippen molar-refractivity contribution in [3.05, 3.63) is 36.4 Å². The van der Waals surface area contributed by atoms with Gasteiger partial charge in [-0.1, -0.05) is 0 Å². The van der Waals surface area contributed by atoms with Crippen molar-refractivity contribution in [2.45, 2.75) is 44.1 Å². The Hall–Kier alpha value is -2.28. The van der Waals surface area contributed by atoms with Gasteiger partial charge in [0.05, 0.1) is 26.7 Å². The van der Waals surface area contributed by atoms with Crippen LogP contribution in [-0.4, -0.2) is 25.7 Å². The molecule has 0 saturated heterocycles. The maximum atomic E-state index is 13.5. The summed E-state index contributed by atoms with van der Waals surface area (Å²) in [5.74, 6) is 1.40. The Morgan fingerprint density at radius 2 is 2.07 bits per heavy atom. The number of thiazole rings is 1. The van der Waals surface area contributed by atoms with E-state index in [2.05, 4.69) is 20.4 Å². The molecule has 2 unspecified atom stereocenters. The first-order valence-corrected chi connectivity index (χ1v) is 10.5. The van der Waals surface area contributed by atoms with Crippen LogP contribution in [0.4, 0.5) is 5.69 Å². The normalized spacial score (nSPS) is 34.2. The predicted molar refractivity (Wildman–Crippen MR) is 103 cm³/mol. The summed E-state index contributed by atoms with van der Waals surface area (Å²) in [5.41, 5.74) is 3.33. The van der Waals surface area contributed by atoms with Crippen LogP contribution < -0.4 is 5.32 Å². The van der Waals surface area contributed by atoms with Gasteiger partial charge in [0, 0.05) is 5.69 Å². The fourth-order valence-electron chi connectivity index (χ4n) is 6.40. The van der Waals surface area contributed by atoms with Gasteiger partial charge < -0.3 is 5.32 Å². The number of fused-ring (bicyclic) bond motifs is 1. The molecule has 2 heterocycles. The van der Waals surface area contributed by atoms with Crippen LogP contribution in [0.5, 0.6) is 0 Å². The lowest BCUT2D eigenvalue weighted by Crippen LogP contribution is -2.60. The fraction of sp³-hybridized carbons (Fsp3) is 0.500. The summed E-state index contributed by atoms with van der Waals surface area (Å²) in [7, 11) is 0. The highest BCUT2D eigenvalue weighted by Crippen LogP contribution is 2.64. The van der Waals surface area contributed by atoms with Gasteiger partial charge in [-0.05, 0) is 68.6 Å². The molecule has 4 fully saturated rings. The van der Waals surface area contributed by atoms with E-state index >= 15 is 0 Å². The summed E-state index contributed by atoms with van der Waals surface area (Å²) in [6.45, 7) is 0. The summed E-state index contributed by atoms with van der Waals surface area (Å²) in [6, 6.07) is 6.02. The summed E-state index contributed by atoms with van der Waals surface area (Å²) in [6.07, 6.45) is 9.87. The lowest BCUT2D eigenvalue weighted by atomic mass is 9.46. The van der Waals surface area contributed by atoms with Crippen LogP contribution >= 0.6 is 11.3 Å². The van der Waals surface area contributed by atoms with Crippen LogP contribution in [-0.2, 0) is 10.3 Å². The highest BCUT2D eigenvalue weighted by molar-refractivity contribution is 7.16. The van der Waals surface area contributed by atoms with Crippen LogP contribution in [0, 0.1) is 17.3 Å². The predicted octanol–water partition coefficient (Wildman–Crippen LogP) is 3.82. The van der Waals surface area contributed by atoms with Crippen molar-refractivity contribution in [3.8, 4) is 0 Å². The molecule has 3 aromatic rings. The Kier molecular flexibility index (Phi) is 3.14. The number of nitrogens with one attached hydrogen (secondary N) is 1. The largest absolute Gasteiger partial charge is 0.326 e. The maximum Gasteiger partial charge on any atom is 0.230 e. The Morgan fingerprint density at radius 3 is 2.85 bits per heavy atom. The van der Waals surface area contributed by atoms with E-state index in [1.165, 1.54) is 6.42 Å². The van der Waals surface area contributed by atoms with Crippen molar-refractivity contribution in [1.82, 2.24) is 19.7 Å². The molecule has 138 valence electrons. The van der Waals surface area contributed by atoms with Gasteiger partial charge in [-0.2, -0.15) is 5.10 Å². The minimum Gasteiger partial charge on any atom is -0.326 e. The van der Waals surface area contributed by atoms with Gasteiger partial charge in [0.25, 0.3) is 0 Å². The minimum absolute atomic E-state index is 0.0310. The molecule has 0 aliphatic heterocycles. The minimum atomic E-state index is -0.285. The van der Waals surface area contributed by atoms with Gasteiger partial charge >= 0.3 is 0 Å². The number of aromatic nitrogens is 4. The highest BCUT2D eigenvalue weighted by Gasteiger charge is 2.61. The molecule has 7 heteroatoms. The van der Waals surface area contributed by atoms with Crippen LogP contribution in [0.2, 0.25) is 0 Å². The number of anilines is 1. The van der Waals surface area contributed by atoms with Crippen molar-refractivity contribution < 1.29 is 4.79 Å². The quantitative estimate of drug-likeness (QED) is 0.751. The van der Waals surface area contributed by atoms with Gasteiger partial charge in [0.2, 0.25) is 5.91 Å². The molecule has 7 rings (SSSR count). The van der Waals surface area contributed by atoms with E-state index in [4.69, 9.17) is 0 Å². The molecule has 0 spiro atoms. The highest BCUT2D eigenvalue weighted by atomic mass is 32.1. The van der Waals surface area contributed by atoms with Crippen LogP contribution in [0.3, 0.4) is 0 Å². The monoisotopic (exact) mass is 379 g/mol. The summed E-state index contributed by atoms with van der Waals surface area (Å²) in [5, 5.41) is 7.70. The van der Waals surface area contributed by atoms with E-state index in [1.54, 1.807) is 17.7 Å². The molecule has 4 saturated carbocycles. The van der Waals surface area contributed by atoms with Crippen LogP contribution in [0.25, 0.3) is 10.2 Å². The first-order valence-electron chi connectivity index (χ1n) is 9.64. The molecule has 0 radical (unpaired) electrons. The van der Waals surface area contributed by atoms with E-state index in [0.29, 0.717) is 11.8 Å². The number of nitrogens with zero attached hydrogens (tertiary/aromatic N) is 4. The second-order valence-corrected chi connectivity index (χ2v) is 9.68. The van der Waals surface area contributed by atoms with Gasteiger partial charge in [0.1, 0.15) is 12.7 Å². The van der Waals surface area contributed by atoms with Crippen molar-refractivity contribution >= 4 is 33.1 Å². The summed E-state index contributed by atoms with van der Waals surface area (Å²) in [4.78, 5) is 22.0. The Morgan fingerprint density at radius 1 is 1.22 bits per heavy atom. The molecular formula is C20H21N5OS. The standard InChI is InChI=1S/C20H21N5OS/c26-18(24-15-1-2-17-16(4-15)22-12-27-17)19-5-13-3-14(6-19)8-20(7-13,9-19)25-11-21-10-23-25/h1-2,4,10-14H,3,5-9H2,(H,24,26). The lowest BCUT2D eigenvalue weighted by Gasteiger charge is -2.60. The molecule has 4 aliphatic carbocycles. The maximum absolute atomic E-state index is 13.5. The fourth-order valence-corrected chi connectivity index (χ4v) is 7.06. The first-order chi connectivity index (χ1) is 13.1. The second kappa shape index (κ2) is 5.38. The molecule has 6 nitrogen and oxygen atoms in total. The number of carbonyl (C=O) groups is 1. The zero-order valence-corrected chi connectivity index (χ0v) is 15.8. The molecular weight excluding hydrogens is 358 g/mol. The summed E-state index contributed by atoms with van der Waals surface area (Å²) < 4.78 is 3.20. The lowest BCUT2D eigenvalue weighted by molar-refractivity contribution is -0.150. The Labute approximate surface area is 161 Å². The number of benzene rings is 1. The SMILES string of the molecule is O=C(Nc1ccc2scnc2c1)C12CC3CC(C1)CC(n1cncn1)(C3)C2. The third-order valence-electron chi connectivity index (χ3n) is 7.00. The van der Waals surface area contributed by atoms with Crippen molar-refractivity contribution in [3.63, 3.8) is 0 Å². The van der Waals surface area contributed by atoms with Crippen LogP contribution in [0.1, 0.15) is 38.5 Å². The van der Waals surface area contributed by atoms with E-state index in [-0.39, 0.29) is 16.9 Å². The molecule has 1 aromatic carbocycles. The van der Waals surface area contributed by atoms with E-state index < -0.39 is 0 Å². The van der Waals surface area contributed by atoms with Crippen LogP contribution in [0.15, 0.2) is 36.4 Å². The molecule has 2 aromatic heterocycles. The Bertz CT molecular complexity index is 1010. The molecule has 1 amide bonds. The number of amides is 1. The topological polar surface area (TPSA) is 72.7 Å². The number of carbonyl (C=O) groups excluding carboxylic acids is 1. The third kappa shape index (κ3) is 2.30. The van der Waals surface area contributed by atoms with Gasteiger partial charge in [0.15, 0.2) is 0 Å². The number of hydrogen-bond acceptors (Lipinski definition) is 5. The van der Waals surface area contributed by atoms with Crippen molar-refractivity contribution in [2.24, 2.45) is 17.3 Å². The zero-order chi connectivity index (χ0) is 18.1. The second-order valence-electron chi connectivity index (χ2n) is 8.79. The zero-order valence-electron chi connectivity index (χ0n) is 15.0. The molecule has 1 N–H and O–H groups in total. The first kappa shape index (κ1) is 15.7. The molecule has 2 atom stereocenters. The average Bonchev–Trinajstić information content (AvgIpc) is 3.32. The third-order valence-corrected chi connectivity index (χ3v) is 7.81. The van der Waals surface area contributed by atoms with Gasteiger partial charge in [-0.15, -0.1) is 11.3 Å². The van der Waals surface area contributed by atoms with Crippen molar-refractivity contribution in [2.75, 3.05) is 5.32 Å². The van der Waals surface area contributed by atoms with Crippen molar-refractivity contribution in [1.29, 1.82) is 0 Å². The Balaban J connectivity index is 1.33. The number of rotatable bonds is 3. The van der Waals surface area contributed by atoms with Gasteiger partial charge in [-0.3, -0.25) is 4.79 Å². The molecule has 4 aliphatic rings. The molecule has 4 bridgehead atoms. The van der Waals surface area contributed by atoms with Gasteiger partial charge in [-0.25, -0.2) is 14.6 Å².